The fourth-order valence-corrected chi connectivity index (χ4v) is 2.83. The van der Waals surface area contributed by atoms with Gasteiger partial charge in [0.1, 0.15) is 17.2 Å². The Morgan fingerprint density at radius 1 is 1.03 bits per heavy atom. The molecule has 2 aromatic carbocycles. The second kappa shape index (κ2) is 10.8. The normalized spacial score (nSPS) is 10.1. The second-order valence-corrected chi connectivity index (χ2v) is 6.91. The van der Waals surface area contributed by atoms with Crippen LogP contribution in [-0.2, 0) is 4.79 Å². The third-order valence-corrected chi connectivity index (χ3v) is 4.61. The number of nitrogens with one attached hydrogen (secondary N) is 4. The van der Waals surface area contributed by atoms with Crippen molar-refractivity contribution >= 4 is 40.5 Å². The number of hydrogen-bond acceptors (Lipinski definition) is 6. The van der Waals surface area contributed by atoms with Gasteiger partial charge in [-0.05, 0) is 54.6 Å². The van der Waals surface area contributed by atoms with Gasteiger partial charge in [-0.25, -0.2) is 0 Å². The van der Waals surface area contributed by atoms with E-state index in [0.717, 1.165) is 11.4 Å². The largest absolute Gasteiger partial charge is 0.457 e. The summed E-state index contributed by atoms with van der Waals surface area (Å²) in [5, 5.41) is 12.1. The lowest BCUT2D eigenvalue weighted by Crippen LogP contribution is -2.18. The number of anilines is 3. The molecule has 0 radical (unpaired) electrons. The van der Waals surface area contributed by atoms with Gasteiger partial charge < -0.3 is 26.0 Å². The number of pyridine rings is 1. The minimum Gasteiger partial charge on any atom is -0.457 e. The van der Waals surface area contributed by atoms with Crippen LogP contribution in [0.2, 0.25) is 5.02 Å². The maximum Gasteiger partial charge on any atom is 0.269 e. The summed E-state index contributed by atoms with van der Waals surface area (Å²) in [4.78, 5) is 27.2. The molecule has 0 aliphatic rings. The van der Waals surface area contributed by atoms with E-state index in [1.165, 1.54) is 12.3 Å². The first kappa shape index (κ1) is 22.6. The summed E-state index contributed by atoms with van der Waals surface area (Å²) in [6.07, 6.45) is 2.70. The van der Waals surface area contributed by atoms with Gasteiger partial charge in [-0.3, -0.25) is 14.6 Å². The van der Waals surface area contributed by atoms with Gasteiger partial charge in [0.25, 0.3) is 5.91 Å². The monoisotopic (exact) mass is 451 g/mol. The van der Waals surface area contributed by atoms with Crippen molar-refractivity contribution in [1.29, 1.82) is 0 Å². The molecule has 0 saturated heterocycles. The molecular formula is C23H22ClN5O3. The Balaban J connectivity index is 1.54. The van der Waals surface area contributed by atoms with Crippen molar-refractivity contribution in [3.63, 3.8) is 0 Å². The van der Waals surface area contributed by atoms with Crippen LogP contribution in [0.3, 0.4) is 0 Å². The highest BCUT2D eigenvalue weighted by molar-refractivity contribution is 6.34. The third kappa shape index (κ3) is 6.23. The summed E-state index contributed by atoms with van der Waals surface area (Å²) in [5.41, 5.74) is 2.44. The molecule has 0 unspecified atom stereocenters. The van der Waals surface area contributed by atoms with Crippen LogP contribution in [0.4, 0.5) is 17.1 Å². The molecule has 0 aliphatic heterocycles. The van der Waals surface area contributed by atoms with Crippen LogP contribution < -0.4 is 26.0 Å². The van der Waals surface area contributed by atoms with E-state index in [-0.39, 0.29) is 17.5 Å². The predicted octanol–water partition coefficient (Wildman–Crippen LogP) is 4.49. The van der Waals surface area contributed by atoms with E-state index < -0.39 is 0 Å². The minimum absolute atomic E-state index is 0.279. The molecule has 0 spiro atoms. The van der Waals surface area contributed by atoms with Gasteiger partial charge in [-0.1, -0.05) is 18.2 Å². The number of aromatic nitrogens is 1. The number of carbonyl (C=O) groups excluding carboxylic acids is 2. The fraction of sp³-hybridized carbons (Fsp3) is 0.0870. The van der Waals surface area contributed by atoms with Crippen molar-refractivity contribution in [2.24, 2.45) is 0 Å². The number of nitrogens with zero attached hydrogens (tertiary/aromatic N) is 1. The van der Waals surface area contributed by atoms with Gasteiger partial charge in [-0.2, -0.15) is 0 Å². The number of rotatable bonds is 9. The summed E-state index contributed by atoms with van der Waals surface area (Å²) in [6.45, 7) is 3.87. The maximum absolute atomic E-state index is 11.7. The molecule has 0 atom stereocenters. The molecule has 0 bridgehead atoms. The number of halogens is 1. The molecule has 9 heteroatoms. The van der Waals surface area contributed by atoms with Crippen molar-refractivity contribution in [1.82, 2.24) is 10.3 Å². The summed E-state index contributed by atoms with van der Waals surface area (Å²) < 4.78 is 5.79. The summed E-state index contributed by atoms with van der Waals surface area (Å²) in [7, 11) is 1.55. The molecule has 164 valence electrons. The quantitative estimate of drug-likeness (QED) is 0.282. The zero-order valence-corrected chi connectivity index (χ0v) is 18.1. The highest BCUT2D eigenvalue weighted by Gasteiger charge is 2.07. The number of hydrogen-bond donors (Lipinski definition) is 4. The Bertz CT molecular complexity index is 1120. The smallest absolute Gasteiger partial charge is 0.269 e. The molecule has 1 aromatic heterocycles. The zero-order chi connectivity index (χ0) is 22.9. The van der Waals surface area contributed by atoms with Gasteiger partial charge in [0, 0.05) is 30.7 Å². The molecule has 0 aliphatic carbocycles. The van der Waals surface area contributed by atoms with Crippen molar-refractivity contribution in [2.75, 3.05) is 29.7 Å². The Hall–Kier alpha value is -4.04. The standard InChI is InChI=1S/C23H22ClN5O3/c1-3-22(30)29-20-12-16(6-9-19(20)24)28-14-27-15-4-7-17(8-5-15)32-18-10-11-26-21(13-18)23(31)25-2/h3-13,27-28H,1,14H2,2H3,(H,25,31)(H,29,30). The lowest BCUT2D eigenvalue weighted by Gasteiger charge is -2.12. The molecule has 0 saturated carbocycles. The van der Waals surface area contributed by atoms with Crippen LogP contribution in [0.15, 0.2) is 73.4 Å². The summed E-state index contributed by atoms with van der Waals surface area (Å²) in [5.74, 6) is 0.528. The average Bonchev–Trinajstić information content (AvgIpc) is 2.81. The Labute approximate surface area is 190 Å². The predicted molar refractivity (Wildman–Crippen MR) is 127 cm³/mol. The van der Waals surface area contributed by atoms with Gasteiger partial charge >= 0.3 is 0 Å². The first-order valence-electron chi connectivity index (χ1n) is 9.65. The van der Waals surface area contributed by atoms with E-state index in [1.807, 2.05) is 30.3 Å². The minimum atomic E-state index is -0.332. The first-order chi connectivity index (χ1) is 15.5. The van der Waals surface area contributed by atoms with Crippen LogP contribution >= 0.6 is 11.6 Å². The fourth-order valence-electron chi connectivity index (χ4n) is 2.67. The number of benzene rings is 2. The number of ether oxygens (including phenoxy) is 1. The zero-order valence-electron chi connectivity index (χ0n) is 17.3. The second-order valence-electron chi connectivity index (χ2n) is 6.50. The SMILES string of the molecule is C=CC(=O)Nc1cc(NCNc2ccc(Oc3ccnc(C(=O)NC)c3)cc2)ccc1Cl. The van der Waals surface area contributed by atoms with Crippen LogP contribution in [0.25, 0.3) is 0 Å². The van der Waals surface area contributed by atoms with Crippen LogP contribution in [0.1, 0.15) is 10.5 Å². The van der Waals surface area contributed by atoms with E-state index in [4.69, 9.17) is 16.3 Å². The molecule has 32 heavy (non-hydrogen) atoms. The molecule has 3 aromatic rings. The average molecular weight is 452 g/mol. The molecule has 4 N–H and O–H groups in total. The Kier molecular flexibility index (Phi) is 7.66. The summed E-state index contributed by atoms with van der Waals surface area (Å²) in [6, 6.07) is 15.9. The van der Waals surface area contributed by atoms with Gasteiger partial charge in [-0.15, -0.1) is 0 Å². The molecule has 2 amide bonds. The molecule has 8 nitrogen and oxygen atoms in total. The number of carbonyl (C=O) groups is 2. The van der Waals surface area contributed by atoms with Crippen LogP contribution in [0.5, 0.6) is 11.5 Å². The highest BCUT2D eigenvalue weighted by atomic mass is 35.5. The van der Waals surface area contributed by atoms with Crippen molar-refractivity contribution in [3.05, 3.63) is 84.2 Å². The maximum atomic E-state index is 11.7. The third-order valence-electron chi connectivity index (χ3n) is 4.28. The van der Waals surface area contributed by atoms with Gasteiger partial charge in [0.2, 0.25) is 5.91 Å². The van der Waals surface area contributed by atoms with E-state index in [9.17, 15) is 9.59 Å². The van der Waals surface area contributed by atoms with E-state index in [1.54, 1.807) is 31.3 Å². The first-order valence-corrected chi connectivity index (χ1v) is 10.0. The van der Waals surface area contributed by atoms with Crippen LogP contribution in [-0.4, -0.2) is 30.5 Å². The lowest BCUT2D eigenvalue weighted by atomic mass is 10.2. The lowest BCUT2D eigenvalue weighted by molar-refractivity contribution is -0.111. The molecule has 3 rings (SSSR count). The van der Waals surface area contributed by atoms with E-state index in [0.29, 0.717) is 28.9 Å². The van der Waals surface area contributed by atoms with Crippen LogP contribution in [0, 0.1) is 0 Å². The van der Waals surface area contributed by atoms with E-state index in [2.05, 4.69) is 32.8 Å². The Morgan fingerprint density at radius 3 is 2.47 bits per heavy atom. The Morgan fingerprint density at radius 2 is 1.75 bits per heavy atom. The van der Waals surface area contributed by atoms with Crippen molar-refractivity contribution < 1.29 is 14.3 Å². The van der Waals surface area contributed by atoms with Crippen molar-refractivity contribution in [3.8, 4) is 11.5 Å². The number of amides is 2. The molecular weight excluding hydrogens is 430 g/mol. The van der Waals surface area contributed by atoms with Gasteiger partial charge in [0.15, 0.2) is 0 Å². The molecule has 1 heterocycles. The topological polar surface area (TPSA) is 104 Å². The van der Waals surface area contributed by atoms with Crippen molar-refractivity contribution in [2.45, 2.75) is 0 Å². The van der Waals surface area contributed by atoms with Gasteiger partial charge in [0.05, 0.1) is 17.4 Å². The summed E-state index contributed by atoms with van der Waals surface area (Å²) >= 11 is 6.10. The molecule has 0 fully saturated rings. The van der Waals surface area contributed by atoms with E-state index >= 15 is 0 Å². The highest BCUT2D eigenvalue weighted by Crippen LogP contribution is 2.26.